The van der Waals surface area contributed by atoms with E-state index < -0.39 is 34.6 Å². The van der Waals surface area contributed by atoms with E-state index in [4.69, 9.17) is 4.74 Å². The van der Waals surface area contributed by atoms with Crippen LogP contribution in [0.1, 0.15) is 18.1 Å². The maximum absolute atomic E-state index is 12.7. The molecule has 0 saturated heterocycles. The Morgan fingerprint density at radius 3 is 2.52 bits per heavy atom. The molecule has 10 heteroatoms. The molecule has 29 heavy (non-hydrogen) atoms. The number of hydrogen-bond donors (Lipinski definition) is 1. The molecule has 2 rings (SSSR count). The van der Waals surface area contributed by atoms with Crippen molar-refractivity contribution in [2.24, 2.45) is 0 Å². The summed E-state index contributed by atoms with van der Waals surface area (Å²) in [4.78, 5) is 34.0. The van der Waals surface area contributed by atoms with Gasteiger partial charge in [0.25, 0.3) is 11.6 Å². The summed E-state index contributed by atoms with van der Waals surface area (Å²) in [5.41, 5.74) is -0.814. The van der Waals surface area contributed by atoms with E-state index in [0.29, 0.717) is 0 Å². The van der Waals surface area contributed by atoms with Crippen molar-refractivity contribution < 1.29 is 32.4 Å². The number of carbonyl (C=O) groups is 2. The number of alkyl halides is 3. The maximum Gasteiger partial charge on any atom is 0.416 e. The van der Waals surface area contributed by atoms with E-state index in [9.17, 15) is 32.9 Å². The molecule has 0 unspecified atom stereocenters. The fourth-order valence-corrected chi connectivity index (χ4v) is 2.19. The lowest BCUT2D eigenvalue weighted by Gasteiger charge is -2.12. The molecule has 2 aromatic carbocycles. The Morgan fingerprint density at radius 1 is 1.17 bits per heavy atom. The molecule has 7 nitrogen and oxygen atoms in total. The summed E-state index contributed by atoms with van der Waals surface area (Å²) >= 11 is 0. The van der Waals surface area contributed by atoms with Gasteiger partial charge in [-0.15, -0.1) is 0 Å². The van der Waals surface area contributed by atoms with Crippen molar-refractivity contribution in [2.45, 2.75) is 19.2 Å². The van der Waals surface area contributed by atoms with Gasteiger partial charge >= 0.3 is 12.1 Å². The zero-order chi connectivity index (χ0) is 21.6. The van der Waals surface area contributed by atoms with E-state index in [1.54, 1.807) is 0 Å². The van der Waals surface area contributed by atoms with Crippen molar-refractivity contribution in [3.05, 3.63) is 75.8 Å². The minimum absolute atomic E-state index is 0.130. The number of carbonyl (C=O) groups excluding carboxylic acids is 2. The third kappa shape index (κ3) is 6.45. The summed E-state index contributed by atoms with van der Waals surface area (Å²) in [6, 6.07) is 9.52. The first-order valence-electron chi connectivity index (χ1n) is 8.17. The van der Waals surface area contributed by atoms with Crippen LogP contribution in [0.4, 0.5) is 24.5 Å². The molecular formula is C19H15F3N2O5. The SMILES string of the molecule is C[C@@H](OC(=O)/C=C/c1cccc(C(F)(F)F)c1)C(=O)Nc1cccc([N+](=O)[O-])c1. The minimum Gasteiger partial charge on any atom is -0.449 e. The summed E-state index contributed by atoms with van der Waals surface area (Å²) < 4.78 is 42.9. The lowest BCUT2D eigenvalue weighted by Crippen LogP contribution is -2.29. The first-order valence-corrected chi connectivity index (χ1v) is 8.17. The highest BCUT2D eigenvalue weighted by atomic mass is 19.4. The van der Waals surface area contributed by atoms with Gasteiger partial charge in [-0.2, -0.15) is 13.2 Å². The molecule has 0 spiro atoms. The van der Waals surface area contributed by atoms with Crippen molar-refractivity contribution >= 4 is 29.3 Å². The van der Waals surface area contributed by atoms with Gasteiger partial charge in [-0.3, -0.25) is 14.9 Å². The van der Waals surface area contributed by atoms with Crippen molar-refractivity contribution in [1.29, 1.82) is 0 Å². The van der Waals surface area contributed by atoms with Gasteiger partial charge in [-0.05, 0) is 36.8 Å². The zero-order valence-electron chi connectivity index (χ0n) is 15.0. The molecule has 1 N–H and O–H groups in total. The van der Waals surface area contributed by atoms with E-state index in [0.717, 1.165) is 30.4 Å². The summed E-state index contributed by atoms with van der Waals surface area (Å²) in [5.74, 6) is -1.67. The highest BCUT2D eigenvalue weighted by molar-refractivity contribution is 5.96. The fraction of sp³-hybridized carbons (Fsp3) is 0.158. The predicted octanol–water partition coefficient (Wildman–Crippen LogP) is 4.20. The first kappa shape index (κ1) is 21.6. The number of non-ortho nitro benzene ring substituents is 1. The number of halogens is 3. The van der Waals surface area contributed by atoms with Crippen LogP contribution in [0.2, 0.25) is 0 Å². The Bertz CT molecular complexity index is 957. The van der Waals surface area contributed by atoms with Gasteiger partial charge in [0.1, 0.15) is 0 Å². The second kappa shape index (κ2) is 9.00. The summed E-state index contributed by atoms with van der Waals surface area (Å²) in [6.07, 6.45) is -3.73. The number of benzene rings is 2. The molecule has 1 amide bonds. The zero-order valence-corrected chi connectivity index (χ0v) is 15.0. The highest BCUT2D eigenvalue weighted by Gasteiger charge is 2.30. The van der Waals surface area contributed by atoms with E-state index in [-0.39, 0.29) is 16.9 Å². The third-order valence-corrected chi connectivity index (χ3v) is 3.61. The fourth-order valence-electron chi connectivity index (χ4n) is 2.19. The number of anilines is 1. The summed E-state index contributed by atoms with van der Waals surface area (Å²) in [7, 11) is 0. The number of ether oxygens (including phenoxy) is 1. The number of nitro groups is 1. The molecule has 0 aliphatic carbocycles. The number of esters is 1. The van der Waals surface area contributed by atoms with E-state index in [1.807, 2.05) is 0 Å². The number of rotatable bonds is 6. The Morgan fingerprint density at radius 2 is 1.86 bits per heavy atom. The molecular weight excluding hydrogens is 393 g/mol. The molecule has 0 bridgehead atoms. The number of nitro benzene ring substituents is 1. The van der Waals surface area contributed by atoms with Gasteiger partial charge in [0.15, 0.2) is 6.10 Å². The molecule has 0 aliphatic heterocycles. The van der Waals surface area contributed by atoms with Crippen LogP contribution >= 0.6 is 0 Å². The van der Waals surface area contributed by atoms with Crippen LogP contribution in [-0.2, 0) is 20.5 Å². The van der Waals surface area contributed by atoms with Crippen molar-refractivity contribution in [2.75, 3.05) is 5.32 Å². The second-order valence-electron chi connectivity index (χ2n) is 5.83. The van der Waals surface area contributed by atoms with Gasteiger partial charge < -0.3 is 10.1 Å². The normalized spacial score (nSPS) is 12.4. The topological polar surface area (TPSA) is 98.5 Å². The van der Waals surface area contributed by atoms with Crippen LogP contribution in [-0.4, -0.2) is 22.9 Å². The summed E-state index contributed by atoms with van der Waals surface area (Å²) in [5, 5.41) is 13.1. The van der Waals surface area contributed by atoms with Gasteiger partial charge in [0.2, 0.25) is 0 Å². The number of nitrogens with zero attached hydrogens (tertiary/aromatic N) is 1. The van der Waals surface area contributed by atoms with Crippen molar-refractivity contribution in [3.63, 3.8) is 0 Å². The van der Waals surface area contributed by atoms with Crippen LogP contribution in [0.5, 0.6) is 0 Å². The average Bonchev–Trinajstić information content (AvgIpc) is 2.66. The number of nitrogens with one attached hydrogen (secondary N) is 1. The van der Waals surface area contributed by atoms with Crippen LogP contribution in [0.15, 0.2) is 54.6 Å². The molecule has 2 aromatic rings. The smallest absolute Gasteiger partial charge is 0.416 e. The number of amides is 1. The van der Waals surface area contributed by atoms with Crippen LogP contribution < -0.4 is 5.32 Å². The van der Waals surface area contributed by atoms with Crippen LogP contribution in [0.25, 0.3) is 6.08 Å². The van der Waals surface area contributed by atoms with E-state index in [1.165, 1.54) is 37.3 Å². The van der Waals surface area contributed by atoms with Crippen molar-refractivity contribution in [3.8, 4) is 0 Å². The van der Waals surface area contributed by atoms with Gasteiger partial charge in [-0.1, -0.05) is 18.2 Å². The lowest BCUT2D eigenvalue weighted by atomic mass is 10.1. The second-order valence-corrected chi connectivity index (χ2v) is 5.83. The molecule has 152 valence electrons. The van der Waals surface area contributed by atoms with Crippen LogP contribution in [0, 0.1) is 10.1 Å². The van der Waals surface area contributed by atoms with E-state index in [2.05, 4.69) is 5.32 Å². The van der Waals surface area contributed by atoms with Gasteiger partial charge in [0, 0.05) is 23.9 Å². The Kier molecular flexibility index (Phi) is 6.71. The predicted molar refractivity (Wildman–Crippen MR) is 97.8 cm³/mol. The molecule has 1 atom stereocenters. The monoisotopic (exact) mass is 408 g/mol. The standard InChI is InChI=1S/C19H15F3N2O5/c1-12(18(26)23-15-6-3-7-16(11-15)24(27)28)29-17(25)9-8-13-4-2-5-14(10-13)19(20,21)22/h2-12H,1H3,(H,23,26)/b9-8+/t12-/m1/s1. The molecule has 0 heterocycles. The highest BCUT2D eigenvalue weighted by Crippen LogP contribution is 2.29. The van der Waals surface area contributed by atoms with Gasteiger partial charge in [0.05, 0.1) is 10.5 Å². The quantitative estimate of drug-likeness (QED) is 0.334. The summed E-state index contributed by atoms with van der Waals surface area (Å²) in [6.45, 7) is 1.28. The largest absolute Gasteiger partial charge is 0.449 e. The van der Waals surface area contributed by atoms with Crippen LogP contribution in [0.3, 0.4) is 0 Å². The third-order valence-electron chi connectivity index (χ3n) is 3.61. The molecule has 0 aromatic heterocycles. The lowest BCUT2D eigenvalue weighted by molar-refractivity contribution is -0.384. The Labute approximate surface area is 162 Å². The average molecular weight is 408 g/mol. The molecule has 0 fully saturated rings. The van der Waals surface area contributed by atoms with E-state index >= 15 is 0 Å². The Balaban J connectivity index is 1.96. The Hall–Kier alpha value is -3.69. The molecule has 0 aliphatic rings. The molecule has 0 saturated carbocycles. The van der Waals surface area contributed by atoms with Gasteiger partial charge in [-0.25, -0.2) is 4.79 Å². The number of hydrogen-bond acceptors (Lipinski definition) is 5. The van der Waals surface area contributed by atoms with Crippen molar-refractivity contribution in [1.82, 2.24) is 0 Å². The molecule has 0 radical (unpaired) electrons. The maximum atomic E-state index is 12.7. The first-order chi connectivity index (χ1) is 13.6. The minimum atomic E-state index is -4.51.